The Labute approximate surface area is 561 Å². The van der Waals surface area contributed by atoms with E-state index in [-0.39, 0.29) is 74.7 Å². The van der Waals surface area contributed by atoms with Crippen molar-refractivity contribution in [2.75, 3.05) is 13.1 Å². The minimum absolute atomic E-state index is 0.0182. The van der Waals surface area contributed by atoms with E-state index < -0.39 is 174 Å². The quantitative estimate of drug-likeness (QED) is 0.0296. The Kier molecular flexibility index (Phi) is 41.4. The molecule has 0 rings (SSSR count). The molecule has 0 aliphatic rings. The van der Waals surface area contributed by atoms with Crippen molar-refractivity contribution in [3.05, 3.63) is 0 Å². The lowest BCUT2D eigenvalue weighted by Crippen LogP contribution is -2.60. The van der Waals surface area contributed by atoms with Crippen molar-refractivity contribution < 1.29 is 67.1 Å². The van der Waals surface area contributed by atoms with Gasteiger partial charge in [0.05, 0.1) is 12.5 Å². The lowest BCUT2D eigenvalue weighted by Gasteiger charge is -2.29. The highest BCUT2D eigenvalue weighted by atomic mass is 16.2. The molecular weight excluding hydrogens is 1230 g/mol. The lowest BCUT2D eigenvalue weighted by atomic mass is 9.96. The average Bonchev–Trinajstić information content (AvgIpc) is 0.908. The number of hydrogen-bond acceptors (Lipinski definition) is 17. The number of primary amides is 2. The zero-order valence-corrected chi connectivity index (χ0v) is 59.2. The van der Waals surface area contributed by atoms with Crippen molar-refractivity contribution in [1.29, 1.82) is 0 Å². The molecule has 0 saturated carbocycles. The normalized spacial score (nSPS) is 16.2. The maximum atomic E-state index is 14.0. The van der Waals surface area contributed by atoms with Gasteiger partial charge in [-0.2, -0.15) is 0 Å². The first kappa shape index (κ1) is 87.5. The molecule has 0 aromatic heterocycles. The fourth-order valence-corrected chi connectivity index (χ4v) is 9.73. The third kappa shape index (κ3) is 34.1. The van der Waals surface area contributed by atoms with E-state index in [0.29, 0.717) is 45.1 Å². The van der Waals surface area contributed by atoms with Crippen LogP contribution in [0.1, 0.15) is 194 Å². The fraction of sp³-hybridized carbons (Fsp3) is 0.781. The summed E-state index contributed by atoms with van der Waals surface area (Å²) in [6, 6.07) is -15.9. The van der Waals surface area contributed by atoms with Gasteiger partial charge in [-0.15, -0.1) is 0 Å². The molecule has 0 bridgehead atoms. The maximum Gasteiger partial charge on any atom is 0.243 e. The maximum absolute atomic E-state index is 14.0. The van der Waals surface area contributed by atoms with Gasteiger partial charge >= 0.3 is 0 Å². The minimum Gasteiger partial charge on any atom is -0.370 e. The molecule has 0 aromatic rings. The Hall–Kier alpha value is -7.54. The summed E-state index contributed by atoms with van der Waals surface area (Å²) in [5.41, 5.74) is 28.5. The van der Waals surface area contributed by atoms with Gasteiger partial charge in [-0.25, -0.2) is 0 Å². The van der Waals surface area contributed by atoms with Crippen LogP contribution in [0.4, 0.5) is 0 Å². The Morgan fingerprint density at radius 3 is 0.926 bits per heavy atom. The Bertz CT molecular complexity index is 2540. The third-order valence-corrected chi connectivity index (χ3v) is 15.9. The second kappa shape index (κ2) is 45.0. The van der Waals surface area contributed by atoms with E-state index in [0.717, 1.165) is 0 Å². The minimum atomic E-state index is -1.48. The summed E-state index contributed by atoms with van der Waals surface area (Å²) in [6.07, 6.45) is 2.85. The van der Waals surface area contributed by atoms with Crippen LogP contribution in [0.25, 0.3) is 0 Å². The van der Waals surface area contributed by atoms with E-state index in [9.17, 15) is 67.1 Å². The second-order valence-corrected chi connectivity index (χ2v) is 26.8. The standard InChI is InChI=1S/C64H119N17O14/c1-17-36(11)50(68)63(94)80-48(31-49(67)82)62(93)79-47(30-35(9)10)61(92)75-42(23-19-21-25-65)57(88)71-41(16)56(87)78-45(28-33(5)6)59(90)72-38(13)53(84)70-39(14)55(86)77-46(29-34(7)8)60(91)73-40(15)54(85)74-43(24-20-22-26-66)58(89)81-51(37(12)18-2)64(95)76-44(52(69)83)27-32(3)4/h32-48,50-51H,17-31,65-66,68H2,1-16H3,(H2,67,82)(H2,69,83)(H,70,84)(H,71,88)(H,72,90)(H,73,91)(H,74,85)(H,75,92)(H,76,95)(H,77,86)(H,78,87)(H,79,93)(H,80,94)(H,81,89)/t36-,37-,38-,39-,40-,41-,42-,43-,44-,45-,46-,47-,48-,50-,51-/m0/s1. The van der Waals surface area contributed by atoms with Crippen molar-refractivity contribution in [2.45, 2.75) is 273 Å². The summed E-state index contributed by atoms with van der Waals surface area (Å²) in [5.74, 6) is -12.0. The van der Waals surface area contributed by atoms with Crippen LogP contribution in [-0.4, -0.2) is 174 Å². The van der Waals surface area contributed by atoms with Gasteiger partial charge in [0, 0.05) is 0 Å². The zero-order valence-electron chi connectivity index (χ0n) is 59.2. The fourth-order valence-electron chi connectivity index (χ4n) is 9.73. The molecule has 0 radical (unpaired) electrons. The zero-order chi connectivity index (χ0) is 73.1. The van der Waals surface area contributed by atoms with E-state index in [2.05, 4.69) is 63.8 Å². The molecule has 0 unspecified atom stereocenters. The largest absolute Gasteiger partial charge is 0.370 e. The molecule has 31 heteroatoms. The average molecular weight is 1350 g/mol. The number of nitrogens with two attached hydrogens (primary N) is 5. The number of carbonyl (C=O) groups excluding carboxylic acids is 14. The van der Waals surface area contributed by atoms with Crippen molar-refractivity contribution in [1.82, 2.24) is 63.8 Å². The summed E-state index contributed by atoms with van der Waals surface area (Å²) < 4.78 is 0. The molecule has 95 heavy (non-hydrogen) atoms. The first-order chi connectivity index (χ1) is 44.2. The first-order valence-corrected chi connectivity index (χ1v) is 33.6. The van der Waals surface area contributed by atoms with E-state index in [1.807, 2.05) is 27.7 Å². The highest BCUT2D eigenvalue weighted by molar-refractivity contribution is 6.00. The van der Waals surface area contributed by atoms with E-state index in [1.54, 1.807) is 55.4 Å². The van der Waals surface area contributed by atoms with Crippen LogP contribution in [0.5, 0.6) is 0 Å². The number of amides is 14. The molecule has 0 aromatic carbocycles. The van der Waals surface area contributed by atoms with Crippen molar-refractivity contribution in [3.8, 4) is 0 Å². The van der Waals surface area contributed by atoms with Gasteiger partial charge in [0.15, 0.2) is 0 Å². The third-order valence-electron chi connectivity index (χ3n) is 15.9. The van der Waals surface area contributed by atoms with Gasteiger partial charge in [-0.1, -0.05) is 95.9 Å². The molecule has 31 nitrogen and oxygen atoms in total. The number of unbranched alkanes of at least 4 members (excludes halogenated alkanes) is 2. The van der Waals surface area contributed by atoms with E-state index in [4.69, 9.17) is 28.7 Å². The smallest absolute Gasteiger partial charge is 0.243 e. The van der Waals surface area contributed by atoms with Gasteiger partial charge < -0.3 is 92.5 Å². The lowest BCUT2D eigenvalue weighted by molar-refractivity contribution is -0.136. The van der Waals surface area contributed by atoms with E-state index >= 15 is 0 Å². The predicted octanol–water partition coefficient (Wildman–Crippen LogP) is -1.89. The van der Waals surface area contributed by atoms with Crippen LogP contribution in [0, 0.1) is 35.5 Å². The molecule has 0 fully saturated rings. The molecule has 0 heterocycles. The molecule has 14 amide bonds. The predicted molar refractivity (Wildman–Crippen MR) is 359 cm³/mol. The summed E-state index contributed by atoms with van der Waals surface area (Å²) in [4.78, 5) is 189. The monoisotopic (exact) mass is 1350 g/mol. The highest BCUT2D eigenvalue weighted by Crippen LogP contribution is 2.15. The number of rotatable bonds is 47. The second-order valence-electron chi connectivity index (χ2n) is 26.8. The molecule has 544 valence electrons. The molecule has 0 saturated heterocycles. The number of carbonyl (C=O) groups is 14. The van der Waals surface area contributed by atoms with Crippen LogP contribution < -0.4 is 92.5 Å². The number of hydrogen-bond donors (Lipinski definition) is 17. The number of nitrogens with one attached hydrogen (secondary N) is 12. The molecular formula is C64H119N17O14. The summed E-state index contributed by atoms with van der Waals surface area (Å²) in [5, 5.41) is 31.3. The Morgan fingerprint density at radius 1 is 0.305 bits per heavy atom. The SMILES string of the molecule is CC[C@H](C)[C@H](N)C(=O)N[C@@H](CC(N)=O)C(=O)N[C@@H](CC(C)C)C(=O)N[C@@H](CCCCN)C(=O)N[C@@H](C)C(=O)N[C@@H](CC(C)C)C(=O)N[C@@H](C)C(=O)N[C@@H](C)C(=O)N[C@@H](CC(C)C)C(=O)N[C@@H](C)C(=O)N[C@@H](CCCCN)C(=O)N[C@H](C(=O)N[C@@H](CC(C)C)C(N)=O)[C@@H](C)CC. The first-order valence-electron chi connectivity index (χ1n) is 33.6. The highest BCUT2D eigenvalue weighted by Gasteiger charge is 2.37. The van der Waals surface area contributed by atoms with Crippen LogP contribution in [0.15, 0.2) is 0 Å². The van der Waals surface area contributed by atoms with Gasteiger partial charge in [-0.3, -0.25) is 67.1 Å². The Morgan fingerprint density at radius 2 is 0.579 bits per heavy atom. The summed E-state index contributed by atoms with van der Waals surface area (Å²) in [7, 11) is 0. The van der Waals surface area contributed by atoms with Crippen molar-refractivity contribution in [2.24, 2.45) is 64.2 Å². The van der Waals surface area contributed by atoms with Gasteiger partial charge in [-0.05, 0) is 141 Å². The van der Waals surface area contributed by atoms with Gasteiger partial charge in [0.2, 0.25) is 82.7 Å². The van der Waals surface area contributed by atoms with Crippen LogP contribution in [-0.2, 0) is 67.1 Å². The molecule has 0 aliphatic heterocycles. The van der Waals surface area contributed by atoms with Crippen molar-refractivity contribution in [3.63, 3.8) is 0 Å². The summed E-state index contributed by atoms with van der Waals surface area (Å²) >= 11 is 0. The van der Waals surface area contributed by atoms with Gasteiger partial charge in [0.1, 0.15) is 72.5 Å². The van der Waals surface area contributed by atoms with Crippen LogP contribution >= 0.6 is 0 Å². The molecule has 0 spiro atoms. The van der Waals surface area contributed by atoms with Crippen LogP contribution in [0.3, 0.4) is 0 Å². The van der Waals surface area contributed by atoms with E-state index in [1.165, 1.54) is 27.7 Å². The van der Waals surface area contributed by atoms with Gasteiger partial charge in [0.25, 0.3) is 0 Å². The Balaban J connectivity index is 6.24. The molecule has 0 aliphatic carbocycles. The summed E-state index contributed by atoms with van der Waals surface area (Å²) in [6.45, 7) is 27.6. The van der Waals surface area contributed by atoms with Crippen LogP contribution in [0.2, 0.25) is 0 Å². The molecule has 22 N–H and O–H groups in total. The molecule has 15 atom stereocenters. The van der Waals surface area contributed by atoms with Crippen molar-refractivity contribution >= 4 is 82.7 Å². The topological polar surface area (TPSA) is 513 Å².